The zero-order valence-corrected chi connectivity index (χ0v) is 10.9. The second-order valence-electron chi connectivity index (χ2n) is 4.84. The average molecular weight is 310 g/mol. The zero-order valence-electron chi connectivity index (χ0n) is 11.9. The lowest BCUT2D eigenvalue weighted by molar-refractivity contribution is -0.311. The average Bonchev–Trinajstić information content (AvgIpc) is 2.48. The first-order valence-electron chi connectivity index (χ1n) is 6.68. The van der Waals surface area contributed by atoms with Crippen LogP contribution in [-0.4, -0.2) is 85.2 Å². The maximum Gasteiger partial charge on any atom is 0.365 e. The highest BCUT2D eigenvalue weighted by Crippen LogP contribution is 2.35. The van der Waals surface area contributed by atoms with Crippen molar-refractivity contribution in [3.8, 4) is 0 Å². The van der Waals surface area contributed by atoms with Crippen molar-refractivity contribution in [1.29, 1.82) is 0 Å². The van der Waals surface area contributed by atoms with Crippen LogP contribution in [0.4, 0.5) is 0 Å². The Morgan fingerprint density at radius 1 is 1.48 bits per heavy atom. The van der Waals surface area contributed by atoms with Gasteiger partial charge in [0.15, 0.2) is 0 Å². The Labute approximate surface area is 120 Å². The van der Waals surface area contributed by atoms with Crippen molar-refractivity contribution in [2.45, 2.75) is 43.1 Å². The molecule has 10 heteroatoms. The van der Waals surface area contributed by atoms with Crippen LogP contribution in [0.25, 0.3) is 0 Å². The predicted octanol–water partition coefficient (Wildman–Crippen LogP) is -4.23. The fraction of sp³-hybridized carbons (Fsp3) is 0.818. The Kier molecular flexibility index (Phi) is 4.88. The number of rotatable bonds is 5. The van der Waals surface area contributed by atoms with E-state index in [4.69, 9.17) is 22.1 Å². The Balaban J connectivity index is 3.22. The van der Waals surface area contributed by atoms with Gasteiger partial charge in [-0.2, -0.15) is 0 Å². The second-order valence-corrected chi connectivity index (χ2v) is 4.84. The number of aliphatic hydroxyl groups excluding tert-OH is 4. The van der Waals surface area contributed by atoms with Crippen LogP contribution in [0.15, 0.2) is 0 Å². The summed E-state index contributed by atoms with van der Waals surface area (Å²) in [6.45, 7) is -1.84. The first kappa shape index (κ1) is 16.2. The van der Waals surface area contributed by atoms with Gasteiger partial charge in [0.2, 0.25) is 0 Å². The summed E-state index contributed by atoms with van der Waals surface area (Å²) in [5.41, 5.74) is 5.57. The van der Waals surface area contributed by atoms with Crippen LogP contribution in [-0.2, 0) is 14.3 Å². The van der Waals surface area contributed by atoms with E-state index < -0.39 is 67.4 Å². The van der Waals surface area contributed by atoms with E-state index >= 15 is 0 Å². The first-order valence-corrected chi connectivity index (χ1v) is 5.98. The number of carbonyl (C=O) groups excluding carboxylic acids is 1. The van der Waals surface area contributed by atoms with Crippen molar-refractivity contribution < 1.29 is 46.3 Å². The Morgan fingerprint density at radius 3 is 2.48 bits per heavy atom. The van der Waals surface area contributed by atoms with E-state index in [1.54, 1.807) is 0 Å². The third kappa shape index (κ3) is 3.06. The Bertz CT molecular complexity index is 436. The minimum absolute atomic E-state index is 0.912. The molecule has 0 saturated carbocycles. The number of aliphatic hydroxyl groups is 5. The van der Waals surface area contributed by atoms with Crippen LogP contribution in [0.5, 0.6) is 0 Å². The molecule has 2 unspecified atom stereocenters. The summed E-state index contributed by atoms with van der Waals surface area (Å²) in [5, 5.41) is 57.1. The van der Waals surface area contributed by atoms with E-state index in [2.05, 4.69) is 0 Å². The largest absolute Gasteiger partial charge is 0.477 e. The van der Waals surface area contributed by atoms with Crippen LogP contribution in [0.3, 0.4) is 0 Å². The highest BCUT2D eigenvalue weighted by atomic mass is 16.7. The summed E-state index contributed by atoms with van der Waals surface area (Å²) in [7, 11) is 0. The van der Waals surface area contributed by atoms with Crippen LogP contribution in [0.1, 0.15) is 8.27 Å². The van der Waals surface area contributed by atoms with E-state index in [1.807, 2.05) is 0 Å². The van der Waals surface area contributed by atoms with Gasteiger partial charge in [0.25, 0.3) is 5.79 Å². The standard InChI is InChI=1S/C11H19NO9/c1-3(14)5-8(17)6(12)9(7(16)4(15)2-13)21-11(5,20)10(18)19/h4-9,13,15-17,20H,2,12H2,1H3,(H,18,19)/t4-,5?,6-,7-,8+,9-,11?/m1/s1/i1D. The Hall–Kier alpha value is -1.14. The number of carbonyl (C=O) groups is 2. The molecule has 21 heavy (non-hydrogen) atoms. The molecule has 0 aromatic rings. The number of Topliss-reactive ketones (excluding diaryl/α,β-unsaturated/α-hetero) is 1. The molecule has 0 amide bonds. The van der Waals surface area contributed by atoms with Crippen molar-refractivity contribution >= 4 is 11.8 Å². The fourth-order valence-electron chi connectivity index (χ4n) is 2.22. The summed E-state index contributed by atoms with van der Waals surface area (Å²) < 4.78 is 11.8. The lowest BCUT2D eigenvalue weighted by atomic mass is 9.79. The molecule has 1 saturated heterocycles. The number of ether oxygens (including phenoxy) is 1. The van der Waals surface area contributed by atoms with Gasteiger partial charge in [-0.25, -0.2) is 4.79 Å². The van der Waals surface area contributed by atoms with Gasteiger partial charge in [-0.15, -0.1) is 0 Å². The van der Waals surface area contributed by atoms with E-state index in [0.29, 0.717) is 0 Å². The maximum absolute atomic E-state index is 11.7. The summed E-state index contributed by atoms with van der Waals surface area (Å²) in [5.74, 6) is -8.41. The smallest absolute Gasteiger partial charge is 0.365 e. The number of hydrogen-bond acceptors (Lipinski definition) is 9. The molecule has 1 heterocycles. The van der Waals surface area contributed by atoms with Crippen LogP contribution >= 0.6 is 0 Å². The molecule has 122 valence electrons. The van der Waals surface area contributed by atoms with Crippen molar-refractivity contribution in [2.75, 3.05) is 6.61 Å². The van der Waals surface area contributed by atoms with Gasteiger partial charge in [0.1, 0.15) is 30.0 Å². The van der Waals surface area contributed by atoms with E-state index in [-0.39, 0.29) is 0 Å². The molecular weight excluding hydrogens is 290 g/mol. The van der Waals surface area contributed by atoms with E-state index in [0.717, 1.165) is 0 Å². The van der Waals surface area contributed by atoms with Crippen LogP contribution < -0.4 is 5.73 Å². The van der Waals surface area contributed by atoms with Gasteiger partial charge in [-0.1, -0.05) is 0 Å². The molecule has 0 spiro atoms. The van der Waals surface area contributed by atoms with Crippen LogP contribution in [0.2, 0.25) is 0 Å². The highest BCUT2D eigenvalue weighted by Gasteiger charge is 2.60. The minimum Gasteiger partial charge on any atom is -0.477 e. The van der Waals surface area contributed by atoms with Crippen molar-refractivity contribution in [2.24, 2.45) is 11.7 Å². The summed E-state index contributed by atoms with van der Waals surface area (Å²) >= 11 is 0. The zero-order chi connectivity index (χ0) is 17.2. The fourth-order valence-corrected chi connectivity index (χ4v) is 2.22. The van der Waals surface area contributed by atoms with Crippen molar-refractivity contribution in [3.63, 3.8) is 0 Å². The number of hydrogen-bond donors (Lipinski definition) is 7. The summed E-state index contributed by atoms with van der Waals surface area (Å²) in [4.78, 5) is 22.9. The van der Waals surface area contributed by atoms with Crippen molar-refractivity contribution in [1.82, 2.24) is 0 Å². The number of aliphatic carboxylic acids is 1. The molecule has 1 fully saturated rings. The lowest BCUT2D eigenvalue weighted by Crippen LogP contribution is -2.71. The number of carboxylic acids is 1. The third-order valence-corrected chi connectivity index (χ3v) is 3.42. The molecule has 1 rings (SSSR count). The predicted molar refractivity (Wildman–Crippen MR) is 64.7 cm³/mol. The van der Waals surface area contributed by atoms with Gasteiger partial charge >= 0.3 is 5.97 Å². The van der Waals surface area contributed by atoms with Gasteiger partial charge in [-0.3, -0.25) is 4.79 Å². The topological polar surface area (TPSA) is 191 Å². The molecule has 1 aliphatic rings. The molecule has 0 aliphatic carbocycles. The molecule has 0 aromatic carbocycles. The van der Waals surface area contributed by atoms with Gasteiger partial charge < -0.3 is 41.1 Å². The molecule has 0 radical (unpaired) electrons. The van der Waals surface area contributed by atoms with E-state index in [1.165, 1.54) is 0 Å². The normalized spacial score (nSPS) is 40.2. The van der Waals surface area contributed by atoms with Gasteiger partial charge in [0.05, 0.1) is 18.8 Å². The quantitative estimate of drug-likeness (QED) is 0.262. The summed E-state index contributed by atoms with van der Waals surface area (Å²) in [6.07, 6.45) is -7.41. The van der Waals surface area contributed by atoms with E-state index in [9.17, 15) is 30.0 Å². The first-order chi connectivity index (χ1) is 10.1. The number of nitrogens with two attached hydrogens (primary N) is 1. The van der Waals surface area contributed by atoms with Crippen molar-refractivity contribution in [3.05, 3.63) is 0 Å². The highest BCUT2D eigenvalue weighted by molar-refractivity contribution is 5.88. The molecule has 8 N–H and O–H groups in total. The van der Waals surface area contributed by atoms with Crippen LogP contribution in [0, 0.1) is 5.92 Å². The lowest BCUT2D eigenvalue weighted by Gasteiger charge is -2.47. The molecular formula is C11H19NO9. The molecule has 0 aromatic heterocycles. The SMILES string of the molecule is [2H]CC(=O)C1[C@H](O)[C@@H](N)[C@H]([C@H](O)[C@H](O)CO)OC1(O)C(=O)O. The molecule has 0 bridgehead atoms. The monoisotopic (exact) mass is 310 g/mol. The number of carboxylic acid groups (broad SMARTS) is 1. The molecule has 1 aliphatic heterocycles. The number of ketones is 1. The maximum atomic E-state index is 11.7. The van der Waals surface area contributed by atoms with Gasteiger partial charge in [0, 0.05) is 1.37 Å². The minimum atomic E-state index is -3.23. The third-order valence-electron chi connectivity index (χ3n) is 3.42. The molecule has 7 atom stereocenters. The molecule has 10 nitrogen and oxygen atoms in total. The van der Waals surface area contributed by atoms with Gasteiger partial charge in [-0.05, 0) is 6.90 Å². The summed E-state index contributed by atoms with van der Waals surface area (Å²) in [6, 6.07) is -1.55. The Morgan fingerprint density at radius 2 is 2.05 bits per heavy atom. The second kappa shape index (κ2) is 6.32.